The van der Waals surface area contributed by atoms with Crippen molar-refractivity contribution in [2.24, 2.45) is 17.6 Å². The molecule has 25 heavy (non-hydrogen) atoms. The lowest BCUT2D eigenvalue weighted by Gasteiger charge is -2.26. The maximum atomic E-state index is 9.50. The summed E-state index contributed by atoms with van der Waals surface area (Å²) in [6, 6.07) is 7.16. The Balaban J connectivity index is 1.55. The number of aryl methyl sites for hydroxylation is 1. The molecule has 1 fully saturated rings. The summed E-state index contributed by atoms with van der Waals surface area (Å²) in [5.41, 5.74) is 10.5. The minimum atomic E-state index is -0.348. The van der Waals surface area contributed by atoms with Gasteiger partial charge in [0.1, 0.15) is 0 Å². The Morgan fingerprint density at radius 3 is 2.84 bits per heavy atom. The second-order valence-electron chi connectivity index (χ2n) is 8.85. The molecule has 0 aliphatic heterocycles. The fourth-order valence-corrected chi connectivity index (χ4v) is 5.82. The lowest BCUT2D eigenvalue weighted by molar-refractivity contribution is 0.198. The van der Waals surface area contributed by atoms with E-state index >= 15 is 0 Å². The highest BCUT2D eigenvalue weighted by Crippen LogP contribution is 2.40. The number of nitrogens with two attached hydrogens (primary N) is 1. The molecule has 0 spiro atoms. The standard InChI is InChI=1S/C22H35NOS/c1-16(2)8-10-25-14-17-3-4-19-12-20(6-5-18(19)11-17)21-7-9-22(23,13-21)15-24/h5-6,12,16-17,21,24H,3-4,7-11,13-15,23H2,1-2H3/t17-,21-,22+/m0/s1. The van der Waals surface area contributed by atoms with Crippen LogP contribution >= 0.6 is 11.8 Å². The molecule has 0 radical (unpaired) electrons. The number of aliphatic hydroxyl groups excluding tert-OH is 1. The van der Waals surface area contributed by atoms with Crippen molar-refractivity contribution < 1.29 is 5.11 Å². The molecular weight excluding hydrogens is 326 g/mol. The molecule has 1 saturated carbocycles. The number of hydrogen-bond acceptors (Lipinski definition) is 3. The molecule has 0 unspecified atom stereocenters. The quantitative estimate of drug-likeness (QED) is 0.702. The second-order valence-corrected chi connectivity index (χ2v) is 10.0. The molecule has 0 saturated heterocycles. The Morgan fingerprint density at radius 1 is 1.28 bits per heavy atom. The molecule has 2 aliphatic rings. The molecule has 0 amide bonds. The van der Waals surface area contributed by atoms with Gasteiger partial charge in [0.2, 0.25) is 0 Å². The van der Waals surface area contributed by atoms with E-state index in [1.54, 1.807) is 11.1 Å². The predicted octanol–water partition coefficient (Wildman–Crippen LogP) is 4.53. The molecule has 3 N–H and O–H groups in total. The summed E-state index contributed by atoms with van der Waals surface area (Å²) in [5.74, 6) is 4.85. The summed E-state index contributed by atoms with van der Waals surface area (Å²) in [4.78, 5) is 0. The predicted molar refractivity (Wildman–Crippen MR) is 109 cm³/mol. The van der Waals surface area contributed by atoms with Gasteiger partial charge in [-0.1, -0.05) is 32.0 Å². The van der Waals surface area contributed by atoms with E-state index in [1.165, 1.54) is 42.8 Å². The average molecular weight is 362 g/mol. The van der Waals surface area contributed by atoms with E-state index in [0.717, 1.165) is 31.1 Å². The highest BCUT2D eigenvalue weighted by Gasteiger charge is 2.36. The van der Waals surface area contributed by atoms with Crippen LogP contribution in [0, 0.1) is 11.8 Å². The Bertz CT molecular complexity index is 573. The van der Waals surface area contributed by atoms with E-state index in [0.29, 0.717) is 5.92 Å². The zero-order chi connectivity index (χ0) is 17.9. The zero-order valence-electron chi connectivity index (χ0n) is 16.0. The number of hydrogen-bond donors (Lipinski definition) is 2. The van der Waals surface area contributed by atoms with E-state index in [-0.39, 0.29) is 12.1 Å². The van der Waals surface area contributed by atoms with Gasteiger partial charge in [-0.3, -0.25) is 0 Å². The first-order chi connectivity index (χ1) is 12.0. The largest absolute Gasteiger partial charge is 0.394 e. The molecule has 2 nitrogen and oxygen atoms in total. The molecule has 0 heterocycles. The Labute approximate surface area is 158 Å². The van der Waals surface area contributed by atoms with Crippen molar-refractivity contribution in [3.8, 4) is 0 Å². The van der Waals surface area contributed by atoms with E-state index in [2.05, 4.69) is 43.8 Å². The van der Waals surface area contributed by atoms with Gasteiger partial charge in [-0.15, -0.1) is 0 Å². The van der Waals surface area contributed by atoms with Gasteiger partial charge >= 0.3 is 0 Å². The van der Waals surface area contributed by atoms with Crippen LogP contribution in [-0.2, 0) is 12.8 Å². The lowest BCUT2D eigenvalue weighted by Crippen LogP contribution is -2.40. The summed E-state index contributed by atoms with van der Waals surface area (Å²) in [7, 11) is 0. The van der Waals surface area contributed by atoms with Crippen LogP contribution in [0.2, 0.25) is 0 Å². The van der Waals surface area contributed by atoms with Gasteiger partial charge in [0.05, 0.1) is 6.61 Å². The van der Waals surface area contributed by atoms with Gasteiger partial charge < -0.3 is 10.8 Å². The summed E-state index contributed by atoms with van der Waals surface area (Å²) >= 11 is 2.15. The van der Waals surface area contributed by atoms with Gasteiger partial charge in [0, 0.05) is 5.54 Å². The van der Waals surface area contributed by atoms with Crippen LogP contribution in [0.25, 0.3) is 0 Å². The molecule has 1 aromatic carbocycles. The number of benzene rings is 1. The number of aliphatic hydroxyl groups is 1. The number of rotatable bonds is 7. The molecule has 0 aromatic heterocycles. The van der Waals surface area contributed by atoms with Crippen LogP contribution in [0.15, 0.2) is 18.2 Å². The van der Waals surface area contributed by atoms with Crippen molar-refractivity contribution in [1.29, 1.82) is 0 Å². The van der Waals surface area contributed by atoms with Gasteiger partial charge in [-0.2, -0.15) is 11.8 Å². The highest BCUT2D eigenvalue weighted by molar-refractivity contribution is 7.99. The maximum absolute atomic E-state index is 9.50. The minimum Gasteiger partial charge on any atom is -0.394 e. The zero-order valence-corrected chi connectivity index (χ0v) is 16.8. The van der Waals surface area contributed by atoms with Crippen molar-refractivity contribution in [2.75, 3.05) is 18.1 Å². The first-order valence-corrected chi connectivity index (χ1v) is 11.2. The second kappa shape index (κ2) is 8.45. The summed E-state index contributed by atoms with van der Waals surface area (Å²) in [6.45, 7) is 4.74. The number of fused-ring (bicyclic) bond motifs is 1. The maximum Gasteiger partial charge on any atom is 0.0611 e. The SMILES string of the molecule is CC(C)CCSC[C@H]1CCc2cc([C@H]3CC[C@](N)(CO)C3)ccc2C1. The number of thioether (sulfide) groups is 1. The van der Waals surface area contributed by atoms with Crippen molar-refractivity contribution in [3.63, 3.8) is 0 Å². The van der Waals surface area contributed by atoms with E-state index in [9.17, 15) is 5.11 Å². The Hall–Kier alpha value is -0.510. The third-order valence-electron chi connectivity index (χ3n) is 6.18. The highest BCUT2D eigenvalue weighted by atomic mass is 32.2. The lowest BCUT2D eigenvalue weighted by atomic mass is 9.82. The van der Waals surface area contributed by atoms with Crippen molar-refractivity contribution in [2.45, 2.75) is 70.3 Å². The summed E-state index contributed by atoms with van der Waals surface area (Å²) in [5, 5.41) is 9.50. The van der Waals surface area contributed by atoms with Gasteiger partial charge in [0.15, 0.2) is 0 Å². The van der Waals surface area contributed by atoms with Crippen LogP contribution in [0.1, 0.15) is 68.6 Å². The Kier molecular flexibility index (Phi) is 6.51. The molecule has 140 valence electrons. The van der Waals surface area contributed by atoms with Gasteiger partial charge in [-0.25, -0.2) is 0 Å². The van der Waals surface area contributed by atoms with Crippen LogP contribution in [0.4, 0.5) is 0 Å². The van der Waals surface area contributed by atoms with Crippen molar-refractivity contribution in [1.82, 2.24) is 0 Å². The molecule has 2 aliphatic carbocycles. The molecular formula is C22H35NOS. The molecule has 3 heteroatoms. The first kappa shape index (κ1) is 19.3. The van der Waals surface area contributed by atoms with Crippen LogP contribution in [0.3, 0.4) is 0 Å². The fourth-order valence-electron chi connectivity index (χ4n) is 4.40. The average Bonchev–Trinajstić information content (AvgIpc) is 3.01. The summed E-state index contributed by atoms with van der Waals surface area (Å²) < 4.78 is 0. The van der Waals surface area contributed by atoms with Crippen molar-refractivity contribution >= 4 is 11.8 Å². The minimum absolute atomic E-state index is 0.116. The molecule has 1 aromatic rings. The van der Waals surface area contributed by atoms with Gasteiger partial charge in [0.25, 0.3) is 0 Å². The Morgan fingerprint density at radius 2 is 2.12 bits per heavy atom. The van der Waals surface area contributed by atoms with Crippen LogP contribution in [-0.4, -0.2) is 28.8 Å². The fraction of sp³-hybridized carbons (Fsp3) is 0.727. The normalized spacial score (nSPS) is 29.2. The molecule has 3 atom stereocenters. The van der Waals surface area contributed by atoms with Crippen LogP contribution in [0.5, 0.6) is 0 Å². The van der Waals surface area contributed by atoms with Crippen LogP contribution < -0.4 is 5.73 Å². The van der Waals surface area contributed by atoms with E-state index in [1.807, 2.05) is 0 Å². The van der Waals surface area contributed by atoms with Crippen molar-refractivity contribution in [3.05, 3.63) is 34.9 Å². The van der Waals surface area contributed by atoms with E-state index in [4.69, 9.17) is 5.73 Å². The third-order valence-corrected chi connectivity index (χ3v) is 7.42. The van der Waals surface area contributed by atoms with Gasteiger partial charge in [-0.05, 0) is 90.9 Å². The monoisotopic (exact) mass is 361 g/mol. The molecule has 3 rings (SSSR count). The van der Waals surface area contributed by atoms with E-state index < -0.39 is 0 Å². The smallest absolute Gasteiger partial charge is 0.0611 e. The molecule has 0 bridgehead atoms. The topological polar surface area (TPSA) is 46.2 Å². The third kappa shape index (κ3) is 5.02. The first-order valence-electron chi connectivity index (χ1n) is 10.1. The summed E-state index contributed by atoms with van der Waals surface area (Å²) in [6.07, 6.45) is 8.16.